The van der Waals surface area contributed by atoms with Gasteiger partial charge in [0.25, 0.3) is 11.5 Å². The van der Waals surface area contributed by atoms with Crippen molar-refractivity contribution >= 4 is 61.9 Å². The van der Waals surface area contributed by atoms with Crippen LogP contribution in [0.1, 0.15) is 30.3 Å². The van der Waals surface area contributed by atoms with Crippen LogP contribution >= 0.6 is 27.5 Å². The van der Waals surface area contributed by atoms with E-state index in [4.69, 9.17) is 16.3 Å². The molecule has 39 heavy (non-hydrogen) atoms. The Kier molecular flexibility index (Phi) is 8.72. The first-order valence-electron chi connectivity index (χ1n) is 11.9. The Labute approximate surface area is 236 Å². The van der Waals surface area contributed by atoms with E-state index in [1.54, 1.807) is 30.3 Å². The van der Waals surface area contributed by atoms with Crippen molar-refractivity contribution in [1.29, 1.82) is 0 Å². The van der Waals surface area contributed by atoms with Gasteiger partial charge in [-0.15, -0.1) is 0 Å². The number of ether oxygens (including phenoxy) is 1. The summed E-state index contributed by atoms with van der Waals surface area (Å²) in [6.45, 7) is 3.27. The number of carbonyl (C=O) groups excluding carboxylic acids is 1. The van der Waals surface area contributed by atoms with Gasteiger partial charge in [-0.1, -0.05) is 52.7 Å². The van der Waals surface area contributed by atoms with E-state index in [1.165, 1.54) is 12.3 Å². The number of nitrogens with zero attached hydrogens (tertiary/aromatic N) is 4. The van der Waals surface area contributed by atoms with E-state index >= 15 is 0 Å². The normalized spacial score (nSPS) is 11.2. The van der Waals surface area contributed by atoms with Gasteiger partial charge in [0.15, 0.2) is 6.61 Å². The Balaban J connectivity index is 1.72. The van der Waals surface area contributed by atoms with Crippen molar-refractivity contribution < 1.29 is 14.5 Å². The Bertz CT molecular complexity index is 1670. The van der Waals surface area contributed by atoms with Crippen LogP contribution in [-0.2, 0) is 11.2 Å². The van der Waals surface area contributed by atoms with Crippen molar-refractivity contribution in [2.45, 2.75) is 26.7 Å². The highest BCUT2D eigenvalue weighted by Gasteiger charge is 2.22. The molecule has 0 aliphatic heterocycles. The molecule has 0 saturated carbocycles. The first-order chi connectivity index (χ1) is 18.7. The van der Waals surface area contributed by atoms with Crippen molar-refractivity contribution in [3.63, 3.8) is 0 Å². The molecule has 4 aromatic rings. The summed E-state index contributed by atoms with van der Waals surface area (Å²) in [4.78, 5) is 41.6. The molecule has 0 saturated heterocycles. The van der Waals surface area contributed by atoms with E-state index in [9.17, 15) is 19.7 Å². The summed E-state index contributed by atoms with van der Waals surface area (Å²) in [5.41, 5.74) is 1.23. The molecule has 0 spiro atoms. The lowest BCUT2D eigenvalue weighted by molar-refractivity contribution is -0.385. The van der Waals surface area contributed by atoms with Gasteiger partial charge in [-0.05, 0) is 49.2 Å². The molecule has 1 amide bonds. The second-order valence-corrected chi connectivity index (χ2v) is 9.91. The summed E-state index contributed by atoms with van der Waals surface area (Å²) in [5.74, 6) is -0.304. The minimum absolute atomic E-state index is 0.0570. The van der Waals surface area contributed by atoms with Crippen LogP contribution < -0.4 is 15.6 Å². The highest BCUT2D eigenvalue weighted by Crippen LogP contribution is 2.34. The van der Waals surface area contributed by atoms with Gasteiger partial charge >= 0.3 is 5.69 Å². The molecule has 0 unspecified atom stereocenters. The highest BCUT2D eigenvalue weighted by molar-refractivity contribution is 9.10. The van der Waals surface area contributed by atoms with Gasteiger partial charge in [0.1, 0.15) is 5.82 Å². The van der Waals surface area contributed by atoms with Crippen molar-refractivity contribution in [2.24, 2.45) is 5.10 Å². The van der Waals surface area contributed by atoms with Crippen LogP contribution in [0, 0.1) is 17.0 Å². The van der Waals surface area contributed by atoms with E-state index in [-0.39, 0.29) is 16.3 Å². The lowest BCUT2D eigenvalue weighted by Crippen LogP contribution is -2.23. The highest BCUT2D eigenvalue weighted by atomic mass is 79.9. The lowest BCUT2D eigenvalue weighted by atomic mass is 10.2. The van der Waals surface area contributed by atoms with E-state index in [0.29, 0.717) is 39.7 Å². The standard InChI is InChI=1S/C27H23BrClN5O5/c1-3-6-24-31-22-10-9-18(28)12-20(22)27(36)33(24)30-14-17-11-19(29)13-23(34(37)38)26(17)39-15-25(35)32-21-8-5-4-7-16(21)2/h4-5,7-14H,3,6,15H2,1-2H3,(H,32,35). The fourth-order valence-electron chi connectivity index (χ4n) is 3.84. The number of aryl methyl sites for hydroxylation is 2. The lowest BCUT2D eigenvalue weighted by Gasteiger charge is -2.12. The van der Waals surface area contributed by atoms with E-state index in [0.717, 1.165) is 16.3 Å². The number of hydrogen-bond donors (Lipinski definition) is 1. The van der Waals surface area contributed by atoms with Gasteiger partial charge in [0.2, 0.25) is 5.75 Å². The number of nitro groups is 1. The number of amides is 1. The Hall–Kier alpha value is -4.09. The summed E-state index contributed by atoms with van der Waals surface area (Å²) >= 11 is 9.52. The van der Waals surface area contributed by atoms with Crippen LogP contribution in [0.5, 0.6) is 5.75 Å². The smallest absolute Gasteiger partial charge is 0.313 e. The molecule has 4 rings (SSSR count). The number of anilines is 1. The molecular formula is C27H23BrClN5O5. The summed E-state index contributed by atoms with van der Waals surface area (Å²) in [6, 6.07) is 14.9. The molecule has 10 nitrogen and oxygen atoms in total. The number of nitro benzene ring substituents is 1. The van der Waals surface area contributed by atoms with Gasteiger partial charge < -0.3 is 10.1 Å². The van der Waals surface area contributed by atoms with E-state index < -0.39 is 28.7 Å². The number of aromatic nitrogens is 2. The molecule has 0 aliphatic carbocycles. The molecule has 1 N–H and O–H groups in total. The maximum Gasteiger partial charge on any atom is 0.313 e. The van der Waals surface area contributed by atoms with Crippen LogP contribution in [0.3, 0.4) is 0 Å². The maximum atomic E-state index is 13.3. The molecule has 12 heteroatoms. The summed E-state index contributed by atoms with van der Waals surface area (Å²) in [7, 11) is 0. The Morgan fingerprint density at radius 3 is 2.74 bits per heavy atom. The number of rotatable bonds is 9. The van der Waals surface area contributed by atoms with E-state index in [1.807, 2.05) is 26.0 Å². The van der Waals surface area contributed by atoms with Crippen LogP contribution in [0.4, 0.5) is 11.4 Å². The number of halogens is 2. The van der Waals surface area contributed by atoms with Crippen molar-refractivity contribution in [3.05, 3.63) is 102 Å². The number of carbonyl (C=O) groups is 1. The second-order valence-electron chi connectivity index (χ2n) is 8.55. The van der Waals surface area contributed by atoms with Crippen molar-refractivity contribution in [3.8, 4) is 5.75 Å². The summed E-state index contributed by atoms with van der Waals surface area (Å²) in [5, 5.41) is 19.3. The van der Waals surface area contributed by atoms with Gasteiger partial charge in [-0.25, -0.2) is 4.98 Å². The number of nitrogens with one attached hydrogen (secondary N) is 1. The minimum atomic E-state index is -0.665. The zero-order valence-electron chi connectivity index (χ0n) is 21.0. The molecule has 3 aromatic carbocycles. The Morgan fingerprint density at radius 1 is 1.26 bits per heavy atom. The second kappa shape index (κ2) is 12.2. The van der Waals surface area contributed by atoms with Gasteiger partial charge in [0, 0.05) is 33.2 Å². The molecular weight excluding hydrogens is 590 g/mol. The van der Waals surface area contributed by atoms with Crippen LogP contribution in [0.15, 0.2) is 69.0 Å². The average Bonchev–Trinajstić information content (AvgIpc) is 2.89. The predicted molar refractivity (Wildman–Crippen MR) is 154 cm³/mol. The minimum Gasteiger partial charge on any atom is -0.476 e. The van der Waals surface area contributed by atoms with Crippen molar-refractivity contribution in [1.82, 2.24) is 9.66 Å². The summed E-state index contributed by atoms with van der Waals surface area (Å²) < 4.78 is 7.49. The zero-order valence-corrected chi connectivity index (χ0v) is 23.3. The van der Waals surface area contributed by atoms with Crippen molar-refractivity contribution in [2.75, 3.05) is 11.9 Å². The third-order valence-electron chi connectivity index (χ3n) is 5.69. The molecule has 1 aromatic heterocycles. The topological polar surface area (TPSA) is 129 Å². The van der Waals surface area contributed by atoms with Crippen LogP contribution in [0.2, 0.25) is 5.02 Å². The van der Waals surface area contributed by atoms with Gasteiger partial charge in [-0.3, -0.25) is 19.7 Å². The molecule has 200 valence electrons. The first-order valence-corrected chi connectivity index (χ1v) is 13.1. The largest absolute Gasteiger partial charge is 0.476 e. The molecule has 0 bridgehead atoms. The average molecular weight is 613 g/mol. The number of benzene rings is 3. The van der Waals surface area contributed by atoms with Gasteiger partial charge in [-0.2, -0.15) is 9.78 Å². The monoisotopic (exact) mass is 611 g/mol. The van der Waals surface area contributed by atoms with Crippen LogP contribution in [0.25, 0.3) is 10.9 Å². The summed E-state index contributed by atoms with van der Waals surface area (Å²) in [6.07, 6.45) is 2.41. The number of para-hydroxylation sites is 1. The van der Waals surface area contributed by atoms with E-state index in [2.05, 4.69) is 31.3 Å². The molecule has 1 heterocycles. The molecule has 0 aliphatic rings. The van der Waals surface area contributed by atoms with Crippen LogP contribution in [-0.4, -0.2) is 33.3 Å². The quantitative estimate of drug-likeness (QED) is 0.143. The fraction of sp³-hybridized carbons (Fsp3) is 0.185. The third-order valence-corrected chi connectivity index (χ3v) is 6.40. The number of hydrogen-bond acceptors (Lipinski definition) is 7. The predicted octanol–water partition coefficient (Wildman–Crippen LogP) is 5.88. The van der Waals surface area contributed by atoms with Gasteiger partial charge in [0.05, 0.1) is 22.0 Å². The third kappa shape index (κ3) is 6.50. The molecule has 0 radical (unpaired) electrons. The molecule has 0 fully saturated rings. The fourth-order valence-corrected chi connectivity index (χ4v) is 4.43. The maximum absolute atomic E-state index is 13.3. The SMILES string of the molecule is CCCc1nc2ccc(Br)cc2c(=O)n1N=Cc1cc(Cl)cc([N+](=O)[O-])c1OCC(=O)Nc1ccccc1C. The number of fused-ring (bicyclic) bond motifs is 1. The molecule has 0 atom stereocenters. The Morgan fingerprint density at radius 2 is 2.03 bits per heavy atom. The first kappa shape index (κ1) is 27.9. The zero-order chi connectivity index (χ0) is 28.1.